The molecule has 0 aliphatic carbocycles. The lowest BCUT2D eigenvalue weighted by molar-refractivity contribution is 0.0870. The van der Waals surface area contributed by atoms with Crippen LogP contribution in [0, 0.1) is 11.3 Å². The molecule has 0 atom stereocenters. The van der Waals surface area contributed by atoms with Crippen molar-refractivity contribution in [1.82, 2.24) is 0 Å². The van der Waals surface area contributed by atoms with E-state index in [9.17, 15) is 0 Å². The summed E-state index contributed by atoms with van der Waals surface area (Å²) in [5, 5.41) is 29.5. The van der Waals surface area contributed by atoms with Gasteiger partial charge in [0.05, 0.1) is 24.0 Å². The van der Waals surface area contributed by atoms with Crippen molar-refractivity contribution in [3.63, 3.8) is 0 Å². The lowest BCUT2D eigenvalue weighted by atomic mass is 10.1. The summed E-state index contributed by atoms with van der Waals surface area (Å²) >= 11 is 0. The topological polar surface area (TPSA) is 94.7 Å². The summed E-state index contributed by atoms with van der Waals surface area (Å²) in [6.07, 6.45) is 0.149. The van der Waals surface area contributed by atoms with Gasteiger partial charge in [0.25, 0.3) is 0 Å². The van der Waals surface area contributed by atoms with Crippen LogP contribution in [0.25, 0.3) is 0 Å². The number of rotatable bonds is 7. The second-order valence-corrected chi connectivity index (χ2v) is 4.11. The molecule has 0 aromatic heterocycles. The fourth-order valence-corrected chi connectivity index (χ4v) is 1.44. The quantitative estimate of drug-likeness (QED) is 0.496. The molecule has 0 fully saturated rings. The van der Waals surface area contributed by atoms with Crippen LogP contribution in [0.15, 0.2) is 18.2 Å². The van der Waals surface area contributed by atoms with Gasteiger partial charge in [-0.25, -0.2) is 0 Å². The molecule has 0 unspecified atom stereocenters. The summed E-state index contributed by atoms with van der Waals surface area (Å²) in [6.45, 7) is 4.93. The molecule has 102 valence electrons. The lowest BCUT2D eigenvalue weighted by Gasteiger charge is -2.12. The highest BCUT2D eigenvalue weighted by molar-refractivity contribution is 6.33. The predicted octanol–water partition coefficient (Wildman–Crippen LogP) is 0.743. The summed E-state index contributed by atoms with van der Waals surface area (Å²) in [5.41, 5.74) is 1.01. The number of nitrogens with zero attached hydrogens (tertiary/aromatic N) is 1. The number of hydrogen-bond acceptors (Lipinski definition) is 6. The van der Waals surface area contributed by atoms with Crippen LogP contribution in [0.1, 0.15) is 19.4 Å². The fourth-order valence-electron chi connectivity index (χ4n) is 1.44. The first kappa shape index (κ1) is 15.3. The molecule has 1 aromatic rings. The molecule has 1 aromatic carbocycles. The Balaban J connectivity index is 2.65. The van der Waals surface area contributed by atoms with E-state index in [4.69, 9.17) is 24.7 Å². The molecule has 7 heteroatoms. The van der Waals surface area contributed by atoms with Crippen molar-refractivity contribution in [2.24, 2.45) is 0 Å². The van der Waals surface area contributed by atoms with Gasteiger partial charge in [-0.15, -0.1) is 0 Å². The summed E-state index contributed by atoms with van der Waals surface area (Å²) in [4.78, 5) is 0. The highest BCUT2D eigenvalue weighted by Gasteiger charge is 2.12. The van der Waals surface area contributed by atoms with Gasteiger partial charge in [-0.05, 0) is 26.0 Å². The van der Waals surface area contributed by atoms with Crippen LogP contribution in [-0.4, -0.2) is 36.6 Å². The number of benzene rings is 1. The minimum atomic E-state index is -1.88. The zero-order chi connectivity index (χ0) is 14.3. The van der Waals surface area contributed by atoms with E-state index in [0.717, 1.165) is 0 Å². The first-order chi connectivity index (χ1) is 9.02. The van der Waals surface area contributed by atoms with Gasteiger partial charge in [0.1, 0.15) is 11.8 Å². The molecule has 3 N–H and O–H groups in total. The Morgan fingerprint density at radius 1 is 1.42 bits per heavy atom. The summed E-state index contributed by atoms with van der Waals surface area (Å²) in [7, 11) is -1.88. The van der Waals surface area contributed by atoms with Gasteiger partial charge < -0.3 is 24.8 Å². The van der Waals surface area contributed by atoms with E-state index in [2.05, 4.69) is 5.32 Å². The second kappa shape index (κ2) is 7.64. The maximum absolute atomic E-state index is 8.98. The molecule has 0 aliphatic rings. The Hall–Kier alpha value is -1.75. The Morgan fingerprint density at radius 2 is 2.16 bits per heavy atom. The number of anilines is 1. The minimum absolute atomic E-state index is 0.149. The Bertz CT molecular complexity index is 446. The van der Waals surface area contributed by atoms with E-state index in [1.54, 1.807) is 6.07 Å². The van der Waals surface area contributed by atoms with Crippen molar-refractivity contribution in [2.75, 3.05) is 18.5 Å². The molecule has 0 bridgehead atoms. The van der Waals surface area contributed by atoms with Crippen molar-refractivity contribution in [2.45, 2.75) is 20.0 Å². The van der Waals surface area contributed by atoms with Crippen LogP contribution in [0.3, 0.4) is 0 Å². The Labute approximate surface area is 112 Å². The van der Waals surface area contributed by atoms with Gasteiger partial charge in [0.15, 0.2) is 0 Å². The lowest BCUT2D eigenvalue weighted by Crippen LogP contribution is -2.20. The average Bonchev–Trinajstić information content (AvgIpc) is 2.34. The van der Waals surface area contributed by atoms with Gasteiger partial charge in [-0.2, -0.15) is 5.26 Å². The third kappa shape index (κ3) is 5.61. The summed E-state index contributed by atoms with van der Waals surface area (Å²) in [6, 6.07) is 6.62. The summed E-state index contributed by atoms with van der Waals surface area (Å²) < 4.78 is 10.1. The molecule has 6 nitrogen and oxygen atoms in total. The van der Waals surface area contributed by atoms with Crippen molar-refractivity contribution < 1.29 is 19.4 Å². The van der Waals surface area contributed by atoms with E-state index < -0.39 is 7.32 Å². The second-order valence-electron chi connectivity index (χ2n) is 4.11. The van der Waals surface area contributed by atoms with Gasteiger partial charge >= 0.3 is 7.32 Å². The molecular weight excluding hydrogens is 247 g/mol. The fraction of sp³-hybridized carbons (Fsp3) is 0.417. The van der Waals surface area contributed by atoms with Crippen LogP contribution in [0.2, 0.25) is 0 Å². The van der Waals surface area contributed by atoms with E-state index in [0.29, 0.717) is 24.4 Å². The van der Waals surface area contributed by atoms with E-state index >= 15 is 0 Å². The highest BCUT2D eigenvalue weighted by Crippen LogP contribution is 2.22. The molecule has 0 saturated heterocycles. The molecule has 19 heavy (non-hydrogen) atoms. The minimum Gasteiger partial charge on any atom is -0.512 e. The van der Waals surface area contributed by atoms with Crippen LogP contribution < -0.4 is 9.97 Å². The van der Waals surface area contributed by atoms with Crippen LogP contribution in [0.4, 0.5) is 5.69 Å². The van der Waals surface area contributed by atoms with Crippen LogP contribution >= 0.6 is 0 Å². The molecule has 1 rings (SSSR count). The standard InChI is InChI=1S/C12H17BN2O4/c1-9(2)18-6-5-15-12-7-11(19-13(16)17)4-3-10(12)8-14/h3-4,7,9,15-17H,5-6H2,1-2H3. The van der Waals surface area contributed by atoms with E-state index in [1.807, 2.05) is 19.9 Å². The molecule has 0 spiro atoms. The molecule has 0 heterocycles. The van der Waals surface area contributed by atoms with Gasteiger partial charge in [-0.3, -0.25) is 0 Å². The van der Waals surface area contributed by atoms with Gasteiger partial charge in [-0.1, -0.05) is 0 Å². The maximum atomic E-state index is 8.98. The zero-order valence-electron chi connectivity index (χ0n) is 11.0. The third-order valence-electron chi connectivity index (χ3n) is 2.22. The van der Waals surface area contributed by atoms with E-state index in [1.165, 1.54) is 12.1 Å². The molecule has 0 amide bonds. The molecule has 0 saturated carbocycles. The number of hydrogen-bond donors (Lipinski definition) is 3. The predicted molar refractivity (Wildman–Crippen MR) is 71.6 cm³/mol. The average molecular weight is 264 g/mol. The van der Waals surface area contributed by atoms with Crippen LogP contribution in [-0.2, 0) is 4.74 Å². The SMILES string of the molecule is CC(C)OCCNc1cc(OB(O)O)ccc1C#N. The largest absolute Gasteiger partial charge is 0.707 e. The van der Waals surface area contributed by atoms with Gasteiger partial charge in [0, 0.05) is 12.6 Å². The zero-order valence-corrected chi connectivity index (χ0v) is 11.0. The Morgan fingerprint density at radius 3 is 2.74 bits per heavy atom. The van der Waals surface area contributed by atoms with Crippen molar-refractivity contribution in [3.8, 4) is 11.8 Å². The normalized spacial score (nSPS) is 10.1. The molecular formula is C12H17BN2O4. The first-order valence-electron chi connectivity index (χ1n) is 5.95. The number of nitriles is 1. The molecule has 0 aliphatic heterocycles. The number of nitrogens with one attached hydrogen (secondary N) is 1. The van der Waals surface area contributed by atoms with Crippen LogP contribution in [0.5, 0.6) is 5.75 Å². The third-order valence-corrected chi connectivity index (χ3v) is 2.22. The molecule has 0 radical (unpaired) electrons. The monoisotopic (exact) mass is 264 g/mol. The van der Waals surface area contributed by atoms with Crippen molar-refractivity contribution in [3.05, 3.63) is 23.8 Å². The smallest absolute Gasteiger partial charge is 0.512 e. The maximum Gasteiger partial charge on any atom is 0.707 e. The van der Waals surface area contributed by atoms with Gasteiger partial charge in [0.2, 0.25) is 0 Å². The summed E-state index contributed by atoms with van der Waals surface area (Å²) in [5.74, 6) is 0.265. The van der Waals surface area contributed by atoms with Crippen molar-refractivity contribution >= 4 is 13.0 Å². The number of ether oxygens (including phenoxy) is 1. The Kier molecular flexibility index (Phi) is 6.16. The van der Waals surface area contributed by atoms with Crippen molar-refractivity contribution in [1.29, 1.82) is 5.26 Å². The van der Waals surface area contributed by atoms with E-state index in [-0.39, 0.29) is 11.9 Å². The highest BCUT2D eigenvalue weighted by atomic mass is 16.6. The first-order valence-corrected chi connectivity index (χ1v) is 5.95.